The summed E-state index contributed by atoms with van der Waals surface area (Å²) in [5, 5.41) is 2.86. The van der Waals surface area contributed by atoms with Crippen LogP contribution >= 0.6 is 11.3 Å². The monoisotopic (exact) mass is 776 g/mol. The topological polar surface area (TPSA) is 51.8 Å². The first-order valence-electron chi connectivity index (χ1n) is 15.4. The number of hydrogen-bond donors (Lipinski definition) is 0. The van der Waals surface area contributed by atoms with Gasteiger partial charge in [-0.25, -0.2) is 4.98 Å². The molecule has 5 heterocycles. The molecule has 0 N–H and O–H groups in total. The van der Waals surface area contributed by atoms with Crippen LogP contribution in [0.5, 0.6) is 0 Å². The maximum Gasteiger partial charge on any atom is 0.216 e. The Morgan fingerprint density at radius 3 is 2.43 bits per heavy atom. The summed E-state index contributed by atoms with van der Waals surface area (Å²) >= 11 is 1.48. The molecule has 7 aromatic rings. The van der Waals surface area contributed by atoms with Crippen LogP contribution in [-0.4, -0.2) is 15.0 Å². The van der Waals surface area contributed by atoms with Crippen molar-refractivity contribution in [3.8, 4) is 22.5 Å². The van der Waals surface area contributed by atoms with Gasteiger partial charge in [0, 0.05) is 61.6 Å². The third kappa shape index (κ3) is 6.68. The second kappa shape index (κ2) is 12.7. The van der Waals surface area contributed by atoms with Gasteiger partial charge in [0.15, 0.2) is 0 Å². The first-order chi connectivity index (χ1) is 21.3. The number of thiophene rings is 1. The molecule has 0 unspecified atom stereocenters. The molecule has 0 bridgehead atoms. The van der Waals surface area contributed by atoms with Gasteiger partial charge >= 0.3 is 0 Å². The molecule has 225 valence electrons. The van der Waals surface area contributed by atoms with Gasteiger partial charge in [-0.3, -0.25) is 0 Å². The first kappa shape index (κ1) is 29.0. The Balaban J connectivity index is 0.000000220. The van der Waals surface area contributed by atoms with Crippen molar-refractivity contribution in [2.45, 2.75) is 54.8 Å². The van der Waals surface area contributed by atoms with E-state index in [2.05, 4.69) is 66.1 Å². The summed E-state index contributed by atoms with van der Waals surface area (Å²) in [5.74, 6) is 0. The van der Waals surface area contributed by atoms with Gasteiger partial charge in [0.2, 0.25) is 5.71 Å². The SMILES string of the molecule is Cc1c[c-]c(-c2cc(C)c(C)cn2)cc1.[2H]C([2H])(c1cc2c(-c3[c-]ccc4c3oc3nc(C)ccc34)nccc2s1)C(C)(C)C.[Ir]. The Kier molecular flexibility index (Phi) is 8.40. The largest absolute Gasteiger partial charge is 0.486 e. The number of hydrogen-bond acceptors (Lipinski definition) is 5. The molecule has 2 aromatic carbocycles. The van der Waals surface area contributed by atoms with Crippen LogP contribution in [0.4, 0.5) is 0 Å². The molecule has 0 aliphatic carbocycles. The first-order valence-corrected chi connectivity index (χ1v) is 15.2. The van der Waals surface area contributed by atoms with Crippen molar-refractivity contribution >= 4 is 43.5 Å². The minimum atomic E-state index is -1.45. The number of pyridine rings is 3. The van der Waals surface area contributed by atoms with Crippen molar-refractivity contribution in [1.29, 1.82) is 0 Å². The van der Waals surface area contributed by atoms with Gasteiger partial charge in [0.05, 0.1) is 5.58 Å². The van der Waals surface area contributed by atoms with Crippen molar-refractivity contribution < 1.29 is 27.3 Å². The van der Waals surface area contributed by atoms with Crippen LogP contribution in [0.3, 0.4) is 0 Å². The van der Waals surface area contributed by atoms with Crippen molar-refractivity contribution in [2.75, 3.05) is 0 Å². The van der Waals surface area contributed by atoms with E-state index < -0.39 is 11.8 Å². The Morgan fingerprint density at radius 1 is 0.886 bits per heavy atom. The molecule has 7 rings (SSSR count). The molecular weight excluding hydrogens is 739 g/mol. The third-order valence-corrected chi connectivity index (χ3v) is 8.25. The summed E-state index contributed by atoms with van der Waals surface area (Å²) in [6.45, 7) is 14.0. The fraction of sp³-hybridized carbons (Fsp3) is 0.237. The van der Waals surface area contributed by atoms with Crippen molar-refractivity contribution in [3.05, 3.63) is 112 Å². The maximum atomic E-state index is 8.67. The predicted octanol–water partition coefficient (Wildman–Crippen LogP) is 10.4. The molecule has 0 aliphatic heterocycles. The fourth-order valence-electron chi connectivity index (χ4n) is 4.92. The predicted molar refractivity (Wildman–Crippen MR) is 180 cm³/mol. The number of rotatable bonds is 3. The zero-order valence-corrected chi connectivity index (χ0v) is 29.1. The summed E-state index contributed by atoms with van der Waals surface area (Å²) in [6, 6.07) is 26.5. The van der Waals surface area contributed by atoms with E-state index >= 15 is 0 Å². The molecule has 0 spiro atoms. The number of aryl methyl sites for hydroxylation is 4. The van der Waals surface area contributed by atoms with Crippen LogP contribution in [0.15, 0.2) is 77.5 Å². The van der Waals surface area contributed by atoms with Gasteiger partial charge in [-0.15, -0.1) is 64.9 Å². The second-order valence-electron chi connectivity index (χ2n) is 12.0. The van der Waals surface area contributed by atoms with Gasteiger partial charge < -0.3 is 14.4 Å². The van der Waals surface area contributed by atoms with Gasteiger partial charge in [-0.1, -0.05) is 50.3 Å². The quantitative estimate of drug-likeness (QED) is 0.168. The summed E-state index contributed by atoms with van der Waals surface area (Å²) in [4.78, 5) is 14.3. The van der Waals surface area contributed by atoms with Gasteiger partial charge in [0.1, 0.15) is 0 Å². The molecule has 0 fully saturated rings. The van der Waals surface area contributed by atoms with E-state index in [1.807, 2.05) is 76.4 Å². The van der Waals surface area contributed by atoms with E-state index in [1.54, 1.807) is 6.20 Å². The van der Waals surface area contributed by atoms with Crippen LogP contribution < -0.4 is 0 Å². The van der Waals surface area contributed by atoms with E-state index in [0.717, 1.165) is 49.1 Å². The van der Waals surface area contributed by atoms with E-state index in [0.29, 0.717) is 16.2 Å². The average Bonchev–Trinajstić information content (AvgIpc) is 3.61. The van der Waals surface area contributed by atoms with Crippen LogP contribution in [0.2, 0.25) is 0 Å². The molecular formula is C38H35IrN3OS-2. The number of fused-ring (bicyclic) bond motifs is 4. The minimum Gasteiger partial charge on any atom is -0.486 e. The van der Waals surface area contributed by atoms with Gasteiger partial charge in [-0.05, 0) is 73.5 Å². The molecule has 6 heteroatoms. The number of furan rings is 1. The van der Waals surface area contributed by atoms with E-state index in [9.17, 15) is 0 Å². The van der Waals surface area contributed by atoms with Crippen LogP contribution in [0.25, 0.3) is 54.7 Å². The Bertz CT molecular complexity index is 2180. The van der Waals surface area contributed by atoms with E-state index in [1.165, 1.54) is 28.0 Å². The zero-order chi connectivity index (χ0) is 32.1. The number of nitrogens with zero attached hydrogens (tertiary/aromatic N) is 3. The smallest absolute Gasteiger partial charge is 0.216 e. The summed E-state index contributed by atoms with van der Waals surface area (Å²) in [6.07, 6.45) is 2.23. The van der Waals surface area contributed by atoms with E-state index in [-0.39, 0.29) is 20.1 Å². The van der Waals surface area contributed by atoms with Crippen LogP contribution in [0.1, 0.15) is 50.8 Å². The normalized spacial score (nSPS) is 12.4. The average molecular weight is 776 g/mol. The van der Waals surface area contributed by atoms with Crippen molar-refractivity contribution in [3.63, 3.8) is 0 Å². The zero-order valence-electron chi connectivity index (χ0n) is 27.9. The standard InChI is InChI=1S/C24H21N2OS.C14H14N.Ir/c1-14-8-9-17-16-6-5-7-18(22(16)27-23(17)26-14)21-19-12-15(13-24(2,3)4)28-20(19)10-11-25-21;1-10-4-6-13(7-5-10)14-8-11(2)12(3)9-15-14;/h5-6,8-12H,13H2,1-4H3;4-6,8-9H,1-3H3;/q2*-1;/i13D2;;. The Morgan fingerprint density at radius 2 is 1.70 bits per heavy atom. The molecule has 4 nitrogen and oxygen atoms in total. The third-order valence-electron chi connectivity index (χ3n) is 7.23. The molecule has 0 atom stereocenters. The molecule has 5 aromatic heterocycles. The number of benzene rings is 2. The molecule has 44 heavy (non-hydrogen) atoms. The molecule has 0 saturated carbocycles. The van der Waals surface area contributed by atoms with Crippen molar-refractivity contribution in [1.82, 2.24) is 15.0 Å². The molecule has 1 radical (unpaired) electrons. The summed E-state index contributed by atoms with van der Waals surface area (Å²) in [5.41, 5.74) is 9.00. The minimum absolute atomic E-state index is 0. The fourth-order valence-corrected chi connectivity index (χ4v) is 6.08. The molecule has 0 amide bonds. The molecule has 0 saturated heterocycles. The van der Waals surface area contributed by atoms with Crippen molar-refractivity contribution in [2.24, 2.45) is 5.41 Å². The van der Waals surface area contributed by atoms with Gasteiger partial charge in [0.25, 0.3) is 0 Å². The van der Waals surface area contributed by atoms with Crippen LogP contribution in [0, 0.1) is 45.2 Å². The molecule has 0 aliphatic rings. The number of aromatic nitrogens is 3. The Labute approximate surface area is 279 Å². The second-order valence-corrected chi connectivity index (χ2v) is 13.1. The van der Waals surface area contributed by atoms with E-state index in [4.69, 9.17) is 7.16 Å². The van der Waals surface area contributed by atoms with Crippen LogP contribution in [-0.2, 0) is 26.5 Å². The van der Waals surface area contributed by atoms with Gasteiger partial charge in [-0.2, -0.15) is 0 Å². The maximum absolute atomic E-state index is 8.67. The summed E-state index contributed by atoms with van der Waals surface area (Å²) in [7, 11) is 0. The summed E-state index contributed by atoms with van der Waals surface area (Å²) < 4.78 is 24.5. The Hall–Kier alpha value is -3.70.